The van der Waals surface area contributed by atoms with Crippen molar-refractivity contribution in [2.24, 2.45) is 0 Å². The van der Waals surface area contributed by atoms with Crippen molar-refractivity contribution in [3.8, 4) is 5.75 Å². The van der Waals surface area contributed by atoms with Crippen molar-refractivity contribution < 1.29 is 5.11 Å². The molecule has 0 aliphatic carbocycles. The number of nitrogens with zero attached hydrogens (tertiary/aromatic N) is 3. The Morgan fingerprint density at radius 1 is 1.47 bits per heavy atom. The number of nitrogen functional groups attached to an aromatic ring is 1. The van der Waals surface area contributed by atoms with Crippen molar-refractivity contribution in [1.82, 2.24) is 9.78 Å². The molecular weight excluding hydrogens is 216 g/mol. The summed E-state index contributed by atoms with van der Waals surface area (Å²) in [5.74, 6) is 0.276. The number of hydrogen-bond acceptors (Lipinski definition) is 4. The SMILES string of the molecule is CN(CCn1cc(N)cn1)c1cccc(O)c1. The number of hydrogen-bond donors (Lipinski definition) is 2. The van der Waals surface area contributed by atoms with Crippen LogP contribution in [0.15, 0.2) is 36.7 Å². The molecule has 1 aromatic heterocycles. The van der Waals surface area contributed by atoms with Gasteiger partial charge in [0.05, 0.1) is 18.4 Å². The van der Waals surface area contributed by atoms with Crippen molar-refractivity contribution in [2.45, 2.75) is 6.54 Å². The first-order valence-corrected chi connectivity index (χ1v) is 5.43. The average molecular weight is 232 g/mol. The molecule has 5 heteroatoms. The molecule has 0 fully saturated rings. The topological polar surface area (TPSA) is 67.3 Å². The molecule has 0 aliphatic heterocycles. The predicted octanol–water partition coefficient (Wildman–Crippen LogP) is 1.31. The van der Waals surface area contributed by atoms with Crippen LogP contribution < -0.4 is 10.6 Å². The van der Waals surface area contributed by atoms with Crippen LogP contribution in [0.3, 0.4) is 0 Å². The molecule has 0 aliphatic rings. The fourth-order valence-electron chi connectivity index (χ4n) is 1.61. The molecule has 2 rings (SSSR count). The Balaban J connectivity index is 1.95. The number of nitrogens with two attached hydrogens (primary N) is 1. The van der Waals surface area contributed by atoms with Crippen LogP contribution in [0.5, 0.6) is 5.75 Å². The van der Waals surface area contributed by atoms with Crippen molar-refractivity contribution in [3.05, 3.63) is 36.7 Å². The first-order valence-electron chi connectivity index (χ1n) is 5.43. The number of benzene rings is 1. The Labute approximate surface area is 100 Å². The third-order valence-electron chi connectivity index (χ3n) is 2.59. The Hall–Kier alpha value is -2.17. The van der Waals surface area contributed by atoms with E-state index in [0.29, 0.717) is 5.69 Å². The number of anilines is 2. The van der Waals surface area contributed by atoms with Gasteiger partial charge in [0.2, 0.25) is 0 Å². The molecule has 0 atom stereocenters. The van der Waals surface area contributed by atoms with Gasteiger partial charge in [-0.05, 0) is 12.1 Å². The fourth-order valence-corrected chi connectivity index (χ4v) is 1.61. The van der Waals surface area contributed by atoms with Crippen LogP contribution in [0.1, 0.15) is 0 Å². The molecule has 17 heavy (non-hydrogen) atoms. The lowest BCUT2D eigenvalue weighted by Crippen LogP contribution is -2.22. The highest BCUT2D eigenvalue weighted by atomic mass is 16.3. The van der Waals surface area contributed by atoms with Crippen LogP contribution in [-0.2, 0) is 6.54 Å². The van der Waals surface area contributed by atoms with Crippen LogP contribution in [0.2, 0.25) is 0 Å². The minimum Gasteiger partial charge on any atom is -0.508 e. The number of phenols is 1. The van der Waals surface area contributed by atoms with Gasteiger partial charge in [-0.2, -0.15) is 5.10 Å². The predicted molar refractivity (Wildman–Crippen MR) is 68.0 cm³/mol. The molecule has 0 spiro atoms. The lowest BCUT2D eigenvalue weighted by Gasteiger charge is -2.19. The van der Waals surface area contributed by atoms with Crippen LogP contribution >= 0.6 is 0 Å². The highest BCUT2D eigenvalue weighted by Crippen LogP contribution is 2.18. The Morgan fingerprint density at radius 3 is 2.94 bits per heavy atom. The van der Waals surface area contributed by atoms with Gasteiger partial charge in [-0.25, -0.2) is 0 Å². The molecule has 1 aromatic carbocycles. The number of rotatable bonds is 4. The maximum Gasteiger partial charge on any atom is 0.117 e. The van der Waals surface area contributed by atoms with E-state index in [4.69, 9.17) is 5.73 Å². The van der Waals surface area contributed by atoms with Gasteiger partial charge in [0.1, 0.15) is 5.75 Å². The molecule has 90 valence electrons. The van der Waals surface area contributed by atoms with Crippen LogP contribution in [-0.4, -0.2) is 28.5 Å². The maximum absolute atomic E-state index is 9.39. The highest BCUT2D eigenvalue weighted by molar-refractivity contribution is 5.49. The second kappa shape index (κ2) is 4.78. The number of aromatic hydroxyl groups is 1. The molecule has 0 unspecified atom stereocenters. The Morgan fingerprint density at radius 2 is 2.29 bits per heavy atom. The summed E-state index contributed by atoms with van der Waals surface area (Å²) in [5, 5.41) is 13.5. The lowest BCUT2D eigenvalue weighted by atomic mass is 10.3. The summed E-state index contributed by atoms with van der Waals surface area (Å²) in [4.78, 5) is 2.05. The van der Waals surface area contributed by atoms with Crippen molar-refractivity contribution in [1.29, 1.82) is 0 Å². The van der Waals surface area contributed by atoms with E-state index in [2.05, 4.69) is 10.00 Å². The summed E-state index contributed by atoms with van der Waals surface area (Å²) in [5.41, 5.74) is 7.23. The standard InChI is InChI=1S/C12H16N4O/c1-15(11-3-2-4-12(17)7-11)5-6-16-9-10(13)8-14-16/h2-4,7-9,17H,5-6,13H2,1H3. The molecule has 0 radical (unpaired) electrons. The van der Waals surface area contributed by atoms with E-state index < -0.39 is 0 Å². The molecule has 1 heterocycles. The first kappa shape index (κ1) is 11.3. The molecular formula is C12H16N4O. The zero-order chi connectivity index (χ0) is 12.3. The van der Waals surface area contributed by atoms with Gasteiger partial charge in [-0.1, -0.05) is 6.07 Å². The van der Waals surface area contributed by atoms with Crippen molar-refractivity contribution in [3.63, 3.8) is 0 Å². The summed E-state index contributed by atoms with van der Waals surface area (Å²) in [6, 6.07) is 7.17. The van der Waals surface area contributed by atoms with E-state index >= 15 is 0 Å². The van der Waals surface area contributed by atoms with Gasteiger partial charge in [-0.15, -0.1) is 0 Å². The maximum atomic E-state index is 9.39. The molecule has 0 amide bonds. The normalized spacial score (nSPS) is 10.4. The van der Waals surface area contributed by atoms with Gasteiger partial charge in [0.15, 0.2) is 0 Å². The van der Waals surface area contributed by atoms with Gasteiger partial charge < -0.3 is 15.7 Å². The first-order chi connectivity index (χ1) is 8.15. The quantitative estimate of drug-likeness (QED) is 0.834. The molecule has 0 bridgehead atoms. The van der Waals surface area contributed by atoms with Gasteiger partial charge in [0, 0.05) is 31.5 Å². The zero-order valence-corrected chi connectivity index (χ0v) is 9.74. The second-order valence-corrected chi connectivity index (χ2v) is 3.98. The summed E-state index contributed by atoms with van der Waals surface area (Å²) >= 11 is 0. The minimum atomic E-state index is 0.276. The summed E-state index contributed by atoms with van der Waals surface area (Å²) < 4.78 is 1.80. The van der Waals surface area contributed by atoms with Crippen molar-refractivity contribution in [2.75, 3.05) is 24.2 Å². The fraction of sp³-hybridized carbons (Fsp3) is 0.250. The number of phenolic OH excluding ortho intramolecular Hbond substituents is 1. The third-order valence-corrected chi connectivity index (χ3v) is 2.59. The number of likely N-dealkylation sites (N-methyl/N-ethyl adjacent to an activating group) is 1. The van der Waals surface area contributed by atoms with E-state index in [1.54, 1.807) is 29.2 Å². The lowest BCUT2D eigenvalue weighted by molar-refractivity contribution is 0.475. The van der Waals surface area contributed by atoms with Gasteiger partial charge >= 0.3 is 0 Å². The molecule has 0 saturated heterocycles. The van der Waals surface area contributed by atoms with Gasteiger partial charge in [-0.3, -0.25) is 4.68 Å². The van der Waals surface area contributed by atoms with E-state index in [0.717, 1.165) is 18.8 Å². The average Bonchev–Trinajstić information content (AvgIpc) is 2.72. The van der Waals surface area contributed by atoms with Crippen LogP contribution in [0.4, 0.5) is 11.4 Å². The van der Waals surface area contributed by atoms with Crippen molar-refractivity contribution >= 4 is 11.4 Å². The van der Waals surface area contributed by atoms with E-state index in [9.17, 15) is 5.11 Å². The third kappa shape index (κ3) is 2.90. The molecule has 2 aromatic rings. The summed E-state index contributed by atoms with van der Waals surface area (Å²) in [6.07, 6.45) is 3.44. The Bertz CT molecular complexity index is 495. The second-order valence-electron chi connectivity index (χ2n) is 3.98. The highest BCUT2D eigenvalue weighted by Gasteiger charge is 2.02. The summed E-state index contributed by atoms with van der Waals surface area (Å²) in [7, 11) is 1.97. The van der Waals surface area contributed by atoms with Crippen LogP contribution in [0.25, 0.3) is 0 Å². The van der Waals surface area contributed by atoms with E-state index in [1.165, 1.54) is 0 Å². The molecule has 5 nitrogen and oxygen atoms in total. The number of aromatic nitrogens is 2. The Kier molecular flexibility index (Phi) is 3.18. The molecule has 3 N–H and O–H groups in total. The summed E-state index contributed by atoms with van der Waals surface area (Å²) in [6.45, 7) is 1.55. The monoisotopic (exact) mass is 232 g/mol. The molecule has 0 saturated carbocycles. The largest absolute Gasteiger partial charge is 0.508 e. The smallest absolute Gasteiger partial charge is 0.117 e. The zero-order valence-electron chi connectivity index (χ0n) is 9.74. The van der Waals surface area contributed by atoms with Crippen LogP contribution in [0, 0.1) is 0 Å². The van der Waals surface area contributed by atoms with Gasteiger partial charge in [0.25, 0.3) is 0 Å². The van der Waals surface area contributed by atoms with E-state index in [1.807, 2.05) is 19.2 Å². The minimum absolute atomic E-state index is 0.276. The van der Waals surface area contributed by atoms with E-state index in [-0.39, 0.29) is 5.75 Å².